The van der Waals surface area contributed by atoms with Crippen molar-refractivity contribution in [2.45, 2.75) is 6.04 Å². The molecular formula is C20H22N4O3. The van der Waals surface area contributed by atoms with Crippen LogP contribution in [-0.4, -0.2) is 52.7 Å². The molecule has 1 saturated heterocycles. The average Bonchev–Trinajstić information content (AvgIpc) is 2.73. The van der Waals surface area contributed by atoms with Gasteiger partial charge in [-0.15, -0.1) is 4.73 Å². The van der Waals surface area contributed by atoms with E-state index < -0.39 is 5.56 Å². The zero-order valence-electron chi connectivity index (χ0n) is 14.9. The zero-order chi connectivity index (χ0) is 18.6. The van der Waals surface area contributed by atoms with E-state index in [1.165, 1.54) is 6.07 Å². The van der Waals surface area contributed by atoms with Crippen molar-refractivity contribution in [1.29, 1.82) is 0 Å². The van der Waals surface area contributed by atoms with Crippen molar-refractivity contribution < 1.29 is 9.94 Å². The number of ether oxygens (including phenoxy) is 1. The Balaban J connectivity index is 1.70. The number of hydrogen-bond acceptors (Lipinski definition) is 6. The second-order valence-electron chi connectivity index (χ2n) is 6.60. The van der Waals surface area contributed by atoms with Gasteiger partial charge in [0, 0.05) is 37.3 Å². The van der Waals surface area contributed by atoms with Crippen LogP contribution in [0.25, 0.3) is 11.0 Å². The summed E-state index contributed by atoms with van der Waals surface area (Å²) >= 11 is 0. The lowest BCUT2D eigenvalue weighted by Crippen LogP contribution is -2.40. The van der Waals surface area contributed by atoms with Crippen LogP contribution in [0.5, 0.6) is 0 Å². The number of nitrogens with one attached hydrogen (secondary N) is 1. The summed E-state index contributed by atoms with van der Waals surface area (Å²) in [5, 5.41) is 14.2. The number of nitrogens with zero attached hydrogens (tertiary/aromatic N) is 3. The van der Waals surface area contributed by atoms with Gasteiger partial charge in [-0.1, -0.05) is 30.3 Å². The molecule has 0 spiro atoms. The quantitative estimate of drug-likeness (QED) is 0.674. The Morgan fingerprint density at radius 2 is 1.93 bits per heavy atom. The first kappa shape index (κ1) is 17.5. The van der Waals surface area contributed by atoms with Crippen molar-refractivity contribution in [3.8, 4) is 0 Å². The van der Waals surface area contributed by atoms with Crippen molar-refractivity contribution in [2.24, 2.45) is 0 Å². The Hall–Kier alpha value is -2.90. The molecule has 0 aliphatic carbocycles. The topological polar surface area (TPSA) is 79.6 Å². The van der Waals surface area contributed by atoms with Gasteiger partial charge in [-0.3, -0.25) is 9.69 Å². The molecule has 2 aromatic heterocycles. The number of benzene rings is 1. The molecule has 0 saturated carbocycles. The van der Waals surface area contributed by atoms with Crippen molar-refractivity contribution in [1.82, 2.24) is 14.6 Å². The fourth-order valence-corrected chi connectivity index (χ4v) is 3.41. The average molecular weight is 366 g/mol. The van der Waals surface area contributed by atoms with E-state index in [4.69, 9.17) is 4.74 Å². The first-order valence-electron chi connectivity index (χ1n) is 9.04. The van der Waals surface area contributed by atoms with Gasteiger partial charge in [-0.2, -0.15) is 0 Å². The molecular weight excluding hydrogens is 344 g/mol. The largest absolute Gasteiger partial charge is 0.423 e. The highest BCUT2D eigenvalue weighted by atomic mass is 16.5. The van der Waals surface area contributed by atoms with Crippen LogP contribution in [0.3, 0.4) is 0 Å². The van der Waals surface area contributed by atoms with Crippen molar-refractivity contribution in [3.05, 3.63) is 70.6 Å². The van der Waals surface area contributed by atoms with Gasteiger partial charge >= 0.3 is 0 Å². The fourth-order valence-electron chi connectivity index (χ4n) is 3.41. The van der Waals surface area contributed by atoms with E-state index in [-0.39, 0.29) is 11.7 Å². The van der Waals surface area contributed by atoms with Crippen LogP contribution >= 0.6 is 0 Å². The van der Waals surface area contributed by atoms with Crippen LogP contribution < -0.4 is 10.9 Å². The number of rotatable bonds is 5. The monoisotopic (exact) mass is 366 g/mol. The first-order valence-corrected chi connectivity index (χ1v) is 9.04. The van der Waals surface area contributed by atoms with Crippen LogP contribution in [0.1, 0.15) is 11.6 Å². The molecule has 140 valence electrons. The maximum atomic E-state index is 12.2. The minimum atomic E-state index is -0.512. The predicted octanol–water partition coefficient (Wildman–Crippen LogP) is 2.12. The molecule has 4 rings (SSSR count). The summed E-state index contributed by atoms with van der Waals surface area (Å²) in [5.41, 5.74) is 1.53. The van der Waals surface area contributed by atoms with Gasteiger partial charge in [0.2, 0.25) is 0 Å². The Labute approximate surface area is 156 Å². The Bertz CT molecular complexity index is 968. The third kappa shape index (κ3) is 3.79. The molecule has 1 unspecified atom stereocenters. The van der Waals surface area contributed by atoms with Crippen LogP contribution in [0, 0.1) is 0 Å². The Morgan fingerprint density at radius 1 is 1.15 bits per heavy atom. The molecule has 0 amide bonds. The molecule has 27 heavy (non-hydrogen) atoms. The molecule has 1 aliphatic rings. The maximum Gasteiger partial charge on any atom is 0.286 e. The third-order valence-corrected chi connectivity index (χ3v) is 4.83. The minimum Gasteiger partial charge on any atom is -0.423 e. The number of aromatic nitrogens is 2. The highest BCUT2D eigenvalue weighted by molar-refractivity contribution is 5.88. The number of morpholine rings is 1. The number of anilines is 1. The lowest BCUT2D eigenvalue weighted by atomic mass is 10.1. The second-order valence-corrected chi connectivity index (χ2v) is 6.60. The molecule has 3 aromatic rings. The summed E-state index contributed by atoms with van der Waals surface area (Å²) in [7, 11) is 0. The summed E-state index contributed by atoms with van der Waals surface area (Å²) in [6.07, 6.45) is 1.56. The van der Waals surface area contributed by atoms with E-state index in [1.807, 2.05) is 24.3 Å². The van der Waals surface area contributed by atoms with E-state index in [0.29, 0.717) is 15.8 Å². The molecule has 1 aliphatic heterocycles. The molecule has 2 N–H and O–H groups in total. The van der Waals surface area contributed by atoms with E-state index in [9.17, 15) is 10.0 Å². The normalized spacial score (nSPS) is 16.3. The molecule has 0 radical (unpaired) electrons. The summed E-state index contributed by atoms with van der Waals surface area (Å²) in [6.45, 7) is 4.01. The van der Waals surface area contributed by atoms with Gasteiger partial charge in [0.05, 0.1) is 24.9 Å². The predicted molar refractivity (Wildman–Crippen MR) is 103 cm³/mol. The molecule has 1 fully saturated rings. The van der Waals surface area contributed by atoms with E-state index in [0.717, 1.165) is 38.4 Å². The standard InChI is InChI=1S/C20H22N4O3/c25-19-13-17(16-7-4-8-21-20(16)24(19)26)22-18(15-5-2-1-3-6-15)14-23-9-11-27-12-10-23/h1-8,13,18,22,26H,9-12,14H2. The van der Waals surface area contributed by atoms with Gasteiger partial charge in [0.1, 0.15) is 0 Å². The van der Waals surface area contributed by atoms with Gasteiger partial charge in [-0.25, -0.2) is 4.98 Å². The lowest BCUT2D eigenvalue weighted by Gasteiger charge is -2.31. The SMILES string of the molecule is O=c1cc(NC(CN2CCOCC2)c2ccccc2)c2cccnc2n1O. The van der Waals surface area contributed by atoms with Crippen LogP contribution in [0.4, 0.5) is 5.69 Å². The highest BCUT2D eigenvalue weighted by Crippen LogP contribution is 2.25. The molecule has 7 heteroatoms. The van der Waals surface area contributed by atoms with Crippen LogP contribution in [0.15, 0.2) is 59.5 Å². The van der Waals surface area contributed by atoms with Gasteiger partial charge in [0.25, 0.3) is 5.56 Å². The van der Waals surface area contributed by atoms with E-state index in [2.05, 4.69) is 27.3 Å². The summed E-state index contributed by atoms with van der Waals surface area (Å²) in [6, 6.07) is 15.2. The maximum absolute atomic E-state index is 12.2. The van der Waals surface area contributed by atoms with Gasteiger partial charge in [0.15, 0.2) is 5.65 Å². The minimum absolute atomic E-state index is 0.0124. The van der Waals surface area contributed by atoms with Crippen molar-refractivity contribution >= 4 is 16.7 Å². The fraction of sp³-hybridized carbons (Fsp3) is 0.300. The van der Waals surface area contributed by atoms with Gasteiger partial charge < -0.3 is 15.3 Å². The van der Waals surface area contributed by atoms with E-state index >= 15 is 0 Å². The third-order valence-electron chi connectivity index (χ3n) is 4.83. The molecule has 1 atom stereocenters. The summed E-state index contributed by atoms with van der Waals surface area (Å²) in [5.74, 6) is 0. The Kier molecular flexibility index (Phi) is 5.04. The smallest absolute Gasteiger partial charge is 0.286 e. The first-order chi connectivity index (χ1) is 13.2. The summed E-state index contributed by atoms with van der Waals surface area (Å²) in [4.78, 5) is 18.7. The van der Waals surface area contributed by atoms with E-state index in [1.54, 1.807) is 12.3 Å². The molecule has 1 aromatic carbocycles. The molecule has 3 heterocycles. The lowest BCUT2D eigenvalue weighted by molar-refractivity contribution is 0.0361. The summed E-state index contributed by atoms with van der Waals surface area (Å²) < 4.78 is 6.03. The number of hydrogen-bond donors (Lipinski definition) is 2. The molecule has 0 bridgehead atoms. The van der Waals surface area contributed by atoms with Crippen LogP contribution in [-0.2, 0) is 4.74 Å². The van der Waals surface area contributed by atoms with Crippen molar-refractivity contribution in [3.63, 3.8) is 0 Å². The van der Waals surface area contributed by atoms with Crippen LogP contribution in [0.2, 0.25) is 0 Å². The molecule has 7 nitrogen and oxygen atoms in total. The second kappa shape index (κ2) is 7.77. The zero-order valence-corrected chi connectivity index (χ0v) is 14.9. The number of fused-ring (bicyclic) bond motifs is 1. The highest BCUT2D eigenvalue weighted by Gasteiger charge is 2.20. The van der Waals surface area contributed by atoms with Gasteiger partial charge in [-0.05, 0) is 17.7 Å². The Morgan fingerprint density at radius 3 is 2.70 bits per heavy atom. The van der Waals surface area contributed by atoms with Crippen molar-refractivity contribution in [2.75, 3.05) is 38.2 Å². The number of pyridine rings is 2.